The Balaban J connectivity index is 0.00000289. The van der Waals surface area contributed by atoms with Crippen molar-refractivity contribution in [3.63, 3.8) is 0 Å². The van der Waals surface area contributed by atoms with Gasteiger partial charge < -0.3 is 10.5 Å². The van der Waals surface area contributed by atoms with Gasteiger partial charge in [0, 0.05) is 16.6 Å². The summed E-state index contributed by atoms with van der Waals surface area (Å²) in [6.07, 6.45) is 1.77. The third kappa shape index (κ3) is 4.04. The van der Waals surface area contributed by atoms with Crippen LogP contribution in [0.4, 0.5) is 0 Å². The molecule has 2 nitrogen and oxygen atoms in total. The first-order chi connectivity index (χ1) is 8.01. The lowest BCUT2D eigenvalue weighted by molar-refractivity contribution is 0.335. The Bertz CT molecular complexity index is 394. The van der Waals surface area contributed by atoms with Crippen molar-refractivity contribution in [2.75, 3.05) is 6.61 Å². The number of rotatable bonds is 5. The fourth-order valence-corrected chi connectivity index (χ4v) is 2.07. The van der Waals surface area contributed by atoms with Crippen LogP contribution < -0.4 is 10.5 Å². The molecule has 0 fully saturated rings. The second-order valence-corrected chi connectivity index (χ2v) is 4.79. The molecule has 4 heteroatoms. The summed E-state index contributed by atoms with van der Waals surface area (Å²) < 4.78 is 5.68. The van der Waals surface area contributed by atoms with E-state index in [1.54, 1.807) is 0 Å². The summed E-state index contributed by atoms with van der Waals surface area (Å²) in [5, 5.41) is 0.826. The summed E-state index contributed by atoms with van der Waals surface area (Å²) in [7, 11) is 0. The van der Waals surface area contributed by atoms with Gasteiger partial charge in [-0.25, -0.2) is 0 Å². The van der Waals surface area contributed by atoms with Gasteiger partial charge in [-0.15, -0.1) is 12.4 Å². The second-order valence-electron chi connectivity index (χ2n) is 4.41. The van der Waals surface area contributed by atoms with Gasteiger partial charge in [0.15, 0.2) is 0 Å². The predicted octanol–water partition coefficient (Wildman–Crippen LogP) is 4.06. The Kier molecular flexibility index (Phi) is 7.69. The van der Waals surface area contributed by atoms with Gasteiger partial charge >= 0.3 is 0 Å². The van der Waals surface area contributed by atoms with Crippen LogP contribution in [0.2, 0.25) is 5.02 Å². The summed E-state index contributed by atoms with van der Waals surface area (Å²) in [6, 6.07) is 2.17. The maximum Gasteiger partial charge on any atom is 0.123 e. The zero-order chi connectivity index (χ0) is 13.0. The molecule has 1 rings (SSSR count). The number of halogens is 2. The summed E-state index contributed by atoms with van der Waals surface area (Å²) >= 11 is 6.29. The Labute approximate surface area is 121 Å². The number of aryl methyl sites for hydroxylation is 1. The molecule has 0 spiro atoms. The minimum absolute atomic E-state index is 0. The molecule has 1 aromatic carbocycles. The van der Waals surface area contributed by atoms with E-state index in [1.807, 2.05) is 26.8 Å². The van der Waals surface area contributed by atoms with Crippen molar-refractivity contribution < 1.29 is 4.74 Å². The van der Waals surface area contributed by atoms with Crippen LogP contribution >= 0.6 is 24.0 Å². The van der Waals surface area contributed by atoms with Crippen molar-refractivity contribution in [1.82, 2.24) is 0 Å². The van der Waals surface area contributed by atoms with Crippen LogP contribution in [0.1, 0.15) is 37.0 Å². The van der Waals surface area contributed by atoms with Gasteiger partial charge in [-0.05, 0) is 50.8 Å². The van der Waals surface area contributed by atoms with Crippen molar-refractivity contribution in [3.8, 4) is 5.75 Å². The lowest BCUT2D eigenvalue weighted by Crippen LogP contribution is -2.22. The molecule has 0 aromatic heterocycles. The molecule has 0 bridgehead atoms. The second kappa shape index (κ2) is 7.88. The van der Waals surface area contributed by atoms with Crippen LogP contribution in [-0.2, 0) is 6.42 Å². The average molecular weight is 292 g/mol. The van der Waals surface area contributed by atoms with Gasteiger partial charge in [0.05, 0.1) is 6.61 Å². The molecule has 0 saturated carbocycles. The molecule has 2 N–H and O–H groups in total. The highest BCUT2D eigenvalue weighted by atomic mass is 35.5. The highest BCUT2D eigenvalue weighted by molar-refractivity contribution is 6.32. The summed E-state index contributed by atoms with van der Waals surface area (Å²) in [6.45, 7) is 8.78. The molecule has 1 unspecified atom stereocenters. The molecule has 0 aliphatic carbocycles. The highest BCUT2D eigenvalue weighted by Gasteiger charge is 2.15. The molecule has 0 heterocycles. The maximum atomic E-state index is 6.29. The first-order valence-electron chi connectivity index (χ1n) is 6.18. The molecule has 1 aromatic rings. The van der Waals surface area contributed by atoms with Gasteiger partial charge in [-0.1, -0.05) is 18.5 Å². The zero-order valence-electron chi connectivity index (χ0n) is 11.5. The molecule has 0 aliphatic rings. The molecular formula is C14H23Cl2NO. The van der Waals surface area contributed by atoms with Crippen LogP contribution in [0.3, 0.4) is 0 Å². The first-order valence-corrected chi connectivity index (χ1v) is 6.55. The monoisotopic (exact) mass is 291 g/mol. The predicted molar refractivity (Wildman–Crippen MR) is 81.3 cm³/mol. The van der Waals surface area contributed by atoms with E-state index in [-0.39, 0.29) is 18.4 Å². The van der Waals surface area contributed by atoms with E-state index in [4.69, 9.17) is 22.1 Å². The normalized spacial score (nSPS) is 11.9. The topological polar surface area (TPSA) is 35.2 Å². The number of nitrogens with two attached hydrogens (primary N) is 1. The van der Waals surface area contributed by atoms with Crippen molar-refractivity contribution in [1.29, 1.82) is 0 Å². The van der Waals surface area contributed by atoms with E-state index >= 15 is 0 Å². The molecule has 0 aliphatic heterocycles. The van der Waals surface area contributed by atoms with Gasteiger partial charge in [0.25, 0.3) is 0 Å². The first kappa shape index (κ1) is 17.6. The molecule has 0 amide bonds. The van der Waals surface area contributed by atoms with E-state index in [0.717, 1.165) is 40.3 Å². The van der Waals surface area contributed by atoms with Crippen LogP contribution in [0.15, 0.2) is 6.07 Å². The van der Waals surface area contributed by atoms with Crippen LogP contribution in [0.5, 0.6) is 5.75 Å². The minimum Gasteiger partial charge on any atom is -0.494 e. The van der Waals surface area contributed by atoms with Crippen LogP contribution in [-0.4, -0.2) is 12.6 Å². The van der Waals surface area contributed by atoms with Crippen molar-refractivity contribution in [3.05, 3.63) is 27.8 Å². The van der Waals surface area contributed by atoms with Gasteiger partial charge in [-0.3, -0.25) is 0 Å². The van der Waals surface area contributed by atoms with Crippen molar-refractivity contribution >= 4 is 24.0 Å². The lowest BCUT2D eigenvalue weighted by atomic mass is 9.97. The van der Waals surface area contributed by atoms with Crippen LogP contribution in [0, 0.1) is 13.8 Å². The van der Waals surface area contributed by atoms with E-state index in [1.165, 1.54) is 0 Å². The van der Waals surface area contributed by atoms with Gasteiger partial charge in [0.1, 0.15) is 5.75 Å². The standard InChI is InChI=1S/C14H22ClNO.ClH/c1-5-11(16)8-12-10(4)14(15)9(3)7-13(12)17-6-2;/h7,11H,5-6,8,16H2,1-4H3;1H. The summed E-state index contributed by atoms with van der Waals surface area (Å²) in [5.41, 5.74) is 9.33. The number of hydrogen-bond acceptors (Lipinski definition) is 2. The van der Waals surface area contributed by atoms with Crippen molar-refractivity contribution in [2.24, 2.45) is 5.73 Å². The summed E-state index contributed by atoms with van der Waals surface area (Å²) in [5.74, 6) is 0.927. The third-order valence-electron chi connectivity index (χ3n) is 3.06. The minimum atomic E-state index is 0. The van der Waals surface area contributed by atoms with E-state index in [2.05, 4.69) is 6.92 Å². The molecular weight excluding hydrogens is 269 g/mol. The average Bonchev–Trinajstić information content (AvgIpc) is 2.31. The lowest BCUT2D eigenvalue weighted by Gasteiger charge is -2.18. The van der Waals surface area contributed by atoms with Gasteiger partial charge in [0.2, 0.25) is 0 Å². The Hall–Kier alpha value is -0.440. The Morgan fingerprint density at radius 3 is 2.44 bits per heavy atom. The third-order valence-corrected chi connectivity index (χ3v) is 3.65. The largest absolute Gasteiger partial charge is 0.494 e. The fraction of sp³-hybridized carbons (Fsp3) is 0.571. The molecule has 0 radical (unpaired) electrons. The number of hydrogen-bond donors (Lipinski definition) is 1. The Morgan fingerprint density at radius 2 is 1.94 bits per heavy atom. The molecule has 1 atom stereocenters. The quantitative estimate of drug-likeness (QED) is 0.888. The van der Waals surface area contributed by atoms with E-state index in [0.29, 0.717) is 6.61 Å². The molecule has 0 saturated heterocycles. The van der Waals surface area contributed by atoms with Crippen molar-refractivity contribution in [2.45, 2.75) is 46.6 Å². The Morgan fingerprint density at radius 1 is 1.33 bits per heavy atom. The van der Waals surface area contributed by atoms with Crippen LogP contribution in [0.25, 0.3) is 0 Å². The summed E-state index contributed by atoms with van der Waals surface area (Å²) in [4.78, 5) is 0. The maximum absolute atomic E-state index is 6.29. The smallest absolute Gasteiger partial charge is 0.123 e. The molecule has 18 heavy (non-hydrogen) atoms. The van der Waals surface area contributed by atoms with Gasteiger partial charge in [-0.2, -0.15) is 0 Å². The number of ether oxygens (including phenoxy) is 1. The van der Waals surface area contributed by atoms with E-state index < -0.39 is 0 Å². The number of benzene rings is 1. The van der Waals surface area contributed by atoms with E-state index in [9.17, 15) is 0 Å². The SMILES string of the molecule is CCOc1cc(C)c(Cl)c(C)c1CC(N)CC.Cl. The molecule has 104 valence electrons. The highest BCUT2D eigenvalue weighted by Crippen LogP contribution is 2.32. The fourth-order valence-electron chi connectivity index (χ4n) is 1.90. The zero-order valence-corrected chi connectivity index (χ0v) is 13.1.